The van der Waals surface area contributed by atoms with Crippen molar-refractivity contribution in [3.05, 3.63) is 322 Å². The molecular formula is C84H53B3N4O5. The maximum atomic E-state index is 7.65. The molecular weight excluding hydrogens is 1180 g/mol. The van der Waals surface area contributed by atoms with Crippen molar-refractivity contribution in [2.45, 2.75) is 0 Å². The van der Waals surface area contributed by atoms with Crippen LogP contribution in [0.1, 0.15) is 0 Å². The summed E-state index contributed by atoms with van der Waals surface area (Å²) in [5, 5.41) is 0. The molecule has 6 aliphatic heterocycles. The zero-order valence-corrected chi connectivity index (χ0v) is 51.7. The molecule has 12 heteroatoms. The highest BCUT2D eigenvalue weighted by Gasteiger charge is 2.49. The van der Waals surface area contributed by atoms with Crippen LogP contribution in [-0.2, 0) is 0 Å². The summed E-state index contributed by atoms with van der Waals surface area (Å²) in [6.07, 6.45) is 0. The quantitative estimate of drug-likeness (QED) is 0.125. The molecule has 0 aliphatic carbocycles. The molecule has 0 aromatic heterocycles. The van der Waals surface area contributed by atoms with E-state index in [1.807, 2.05) is 12.1 Å². The van der Waals surface area contributed by atoms with Crippen molar-refractivity contribution in [1.29, 1.82) is 0 Å². The van der Waals surface area contributed by atoms with Gasteiger partial charge in [0, 0.05) is 105 Å². The van der Waals surface area contributed by atoms with Gasteiger partial charge < -0.3 is 43.3 Å². The second-order valence-electron chi connectivity index (χ2n) is 25.0. The highest BCUT2D eigenvalue weighted by molar-refractivity contribution is 7.02. The Labute approximate surface area is 556 Å². The van der Waals surface area contributed by atoms with Crippen molar-refractivity contribution >= 4 is 138 Å². The van der Waals surface area contributed by atoms with Crippen molar-refractivity contribution in [1.82, 2.24) is 0 Å². The molecule has 96 heavy (non-hydrogen) atoms. The van der Waals surface area contributed by atoms with Crippen molar-refractivity contribution in [2.24, 2.45) is 0 Å². The zero-order valence-electron chi connectivity index (χ0n) is 51.7. The molecule has 0 amide bonds. The Kier molecular flexibility index (Phi) is 12.1. The van der Waals surface area contributed by atoms with Gasteiger partial charge in [-0.15, -0.1) is 0 Å². The van der Waals surface area contributed by atoms with Gasteiger partial charge in [0.2, 0.25) is 0 Å². The fourth-order valence-corrected chi connectivity index (χ4v) is 15.6. The first-order valence-electron chi connectivity index (χ1n) is 32.6. The Balaban J connectivity index is 0.820. The van der Waals surface area contributed by atoms with Gasteiger partial charge in [-0.25, -0.2) is 0 Å². The Morgan fingerprint density at radius 3 is 0.885 bits per heavy atom. The normalized spacial score (nSPS) is 13.1. The molecule has 20 rings (SSSR count). The molecule has 9 nitrogen and oxygen atoms in total. The molecule has 0 unspecified atom stereocenters. The van der Waals surface area contributed by atoms with Gasteiger partial charge in [-0.05, 0) is 141 Å². The van der Waals surface area contributed by atoms with E-state index in [1.165, 1.54) is 0 Å². The predicted octanol–water partition coefficient (Wildman–Crippen LogP) is 16.0. The number of benzene rings is 14. The first-order chi connectivity index (χ1) is 47.6. The van der Waals surface area contributed by atoms with E-state index in [1.54, 1.807) is 0 Å². The number of hydrogen-bond acceptors (Lipinski definition) is 9. The van der Waals surface area contributed by atoms with Crippen LogP contribution in [0.4, 0.5) is 68.2 Å². The van der Waals surface area contributed by atoms with E-state index in [0.717, 1.165) is 152 Å². The lowest BCUT2D eigenvalue weighted by Gasteiger charge is -2.42. The fraction of sp³-hybridized carbons (Fsp3) is 0. The minimum atomic E-state index is -0.369. The predicted molar refractivity (Wildman–Crippen MR) is 392 cm³/mol. The topological polar surface area (TPSA) is 59.1 Å². The molecule has 0 fully saturated rings. The second kappa shape index (κ2) is 21.5. The third-order valence-electron chi connectivity index (χ3n) is 19.6. The number of anilines is 12. The molecule has 0 saturated heterocycles. The highest BCUT2D eigenvalue weighted by Crippen LogP contribution is 2.50. The summed E-state index contributed by atoms with van der Waals surface area (Å²) in [5.41, 5.74) is 21.2. The van der Waals surface area contributed by atoms with E-state index in [9.17, 15) is 0 Å². The van der Waals surface area contributed by atoms with Crippen LogP contribution in [0.15, 0.2) is 322 Å². The molecule has 0 spiro atoms. The Morgan fingerprint density at radius 1 is 0.198 bits per heavy atom. The van der Waals surface area contributed by atoms with Gasteiger partial charge >= 0.3 is 0 Å². The molecule has 0 radical (unpaired) electrons. The monoisotopic (exact) mass is 1230 g/mol. The van der Waals surface area contributed by atoms with E-state index >= 15 is 0 Å². The molecule has 0 bridgehead atoms. The summed E-state index contributed by atoms with van der Waals surface area (Å²) in [5.74, 6) is 7.44. The fourth-order valence-electron chi connectivity index (χ4n) is 15.6. The first kappa shape index (κ1) is 54.1. The largest absolute Gasteiger partial charge is 0.458 e. The average Bonchev–Trinajstić information content (AvgIpc) is 0.699. The number of fused-ring (bicyclic) bond motifs is 12. The number of rotatable bonds is 10. The van der Waals surface area contributed by atoms with Gasteiger partial charge in [0.1, 0.15) is 57.5 Å². The molecule has 448 valence electrons. The Hall–Kier alpha value is -12.5. The van der Waals surface area contributed by atoms with Crippen molar-refractivity contribution in [2.75, 3.05) is 19.6 Å². The van der Waals surface area contributed by atoms with Crippen LogP contribution in [-0.4, -0.2) is 20.1 Å². The van der Waals surface area contributed by atoms with Crippen LogP contribution in [0.25, 0.3) is 0 Å². The van der Waals surface area contributed by atoms with Gasteiger partial charge in [0.05, 0.1) is 17.1 Å². The zero-order chi connectivity index (χ0) is 63.0. The minimum Gasteiger partial charge on any atom is -0.458 e. The number of ether oxygens (including phenoxy) is 5. The minimum absolute atomic E-state index is 0.237. The Morgan fingerprint density at radius 2 is 0.490 bits per heavy atom. The van der Waals surface area contributed by atoms with Crippen molar-refractivity contribution in [3.63, 3.8) is 0 Å². The van der Waals surface area contributed by atoms with Crippen LogP contribution >= 0.6 is 0 Å². The van der Waals surface area contributed by atoms with E-state index in [-0.39, 0.29) is 20.1 Å². The maximum absolute atomic E-state index is 7.65. The lowest BCUT2D eigenvalue weighted by Crippen LogP contribution is -2.64. The molecule has 14 aromatic rings. The SMILES string of the molecule is c1ccc(N(c2ccccc2)c2cc3c4c(c2)Oc2cc5c(cc2B4c2ccccc2O3)B2c3cc4c(cc3Oc3cc(N(c6ccccc6)c6ccccc6)cc(c32)O5)N(c2ccccc2)c2cc(N(c3ccccc3)c3ccccc3)cc3c2B4c2ccccc2O3)cc1. The Bertz CT molecular complexity index is 5330. The van der Waals surface area contributed by atoms with Gasteiger partial charge in [0.15, 0.2) is 0 Å². The van der Waals surface area contributed by atoms with Crippen molar-refractivity contribution < 1.29 is 23.7 Å². The summed E-state index contributed by atoms with van der Waals surface area (Å²) in [4.78, 5) is 9.26. The summed E-state index contributed by atoms with van der Waals surface area (Å²) < 4.78 is 36.8. The van der Waals surface area contributed by atoms with Crippen LogP contribution in [0.5, 0.6) is 57.5 Å². The summed E-state index contributed by atoms with van der Waals surface area (Å²) in [6.45, 7) is -0.857. The summed E-state index contributed by atoms with van der Waals surface area (Å²) in [7, 11) is 0. The summed E-state index contributed by atoms with van der Waals surface area (Å²) in [6, 6.07) is 113. The van der Waals surface area contributed by atoms with Gasteiger partial charge in [-0.1, -0.05) is 176 Å². The standard InChI is InChI=1S/C84H53B3N4O5/c1-8-26-54(27-9-1)88(55-28-10-2-11-29-55)61-44-71-82-77(45-61)92-72-42-24-22-40-64(72)85(82)66-50-67-74(52-70(66)91(71)60-38-20-7-21-39-60)94-80-48-63(90(58-34-16-5-17-35-58)59-36-18-6-19-37-59)49-81-84(80)87(67)69-51-68-75(53-76(69)96-81)95-79-47-62(46-78-83(79)86(68)65-41-23-25-43-73(65)93-78)89(56-30-12-3-13-31-56)57-32-14-4-15-33-57/h1-53H. The van der Waals surface area contributed by atoms with Crippen LogP contribution < -0.4 is 92.4 Å². The lowest BCUT2D eigenvalue weighted by molar-refractivity contribution is 0.452. The van der Waals surface area contributed by atoms with Gasteiger partial charge in [-0.2, -0.15) is 0 Å². The molecule has 14 aromatic carbocycles. The third kappa shape index (κ3) is 8.48. The van der Waals surface area contributed by atoms with Gasteiger partial charge in [0.25, 0.3) is 20.1 Å². The van der Waals surface area contributed by atoms with E-state index < -0.39 is 0 Å². The maximum Gasteiger partial charge on any atom is 0.260 e. The molecule has 0 N–H and O–H groups in total. The average molecular weight is 1230 g/mol. The van der Waals surface area contributed by atoms with E-state index in [0.29, 0.717) is 23.0 Å². The van der Waals surface area contributed by atoms with E-state index in [4.69, 9.17) is 23.7 Å². The lowest BCUT2D eigenvalue weighted by atomic mass is 9.30. The molecule has 0 atom stereocenters. The smallest absolute Gasteiger partial charge is 0.260 e. The number of hydrogen-bond donors (Lipinski definition) is 0. The molecule has 0 saturated carbocycles. The van der Waals surface area contributed by atoms with Crippen LogP contribution in [0.2, 0.25) is 0 Å². The van der Waals surface area contributed by atoms with E-state index in [2.05, 4.69) is 329 Å². The number of para-hydroxylation sites is 9. The van der Waals surface area contributed by atoms with Crippen LogP contribution in [0.3, 0.4) is 0 Å². The second-order valence-corrected chi connectivity index (χ2v) is 25.0. The number of nitrogens with zero attached hydrogens (tertiary/aromatic N) is 4. The van der Waals surface area contributed by atoms with Crippen LogP contribution in [0, 0.1) is 0 Å². The summed E-state index contributed by atoms with van der Waals surface area (Å²) >= 11 is 0. The highest BCUT2D eigenvalue weighted by atomic mass is 16.5. The molecule has 6 aliphatic rings. The third-order valence-corrected chi connectivity index (χ3v) is 19.6. The van der Waals surface area contributed by atoms with Crippen molar-refractivity contribution in [3.8, 4) is 57.5 Å². The first-order valence-corrected chi connectivity index (χ1v) is 32.6. The van der Waals surface area contributed by atoms with Gasteiger partial charge in [-0.3, -0.25) is 0 Å². The molecule has 6 heterocycles.